The predicted molar refractivity (Wildman–Crippen MR) is 76.4 cm³/mol. The van der Waals surface area contributed by atoms with Crippen LogP contribution in [0.15, 0.2) is 29.2 Å². The quantitative estimate of drug-likeness (QED) is 0.698. The lowest BCUT2D eigenvalue weighted by atomic mass is 10.1. The Morgan fingerprint density at radius 3 is 2.14 bits per heavy atom. The van der Waals surface area contributed by atoms with E-state index in [1.165, 1.54) is 0 Å². The van der Waals surface area contributed by atoms with Crippen molar-refractivity contribution in [2.45, 2.75) is 18.3 Å². The summed E-state index contributed by atoms with van der Waals surface area (Å²) in [6.07, 6.45) is -10.1. The van der Waals surface area contributed by atoms with Gasteiger partial charge >= 0.3 is 18.3 Å². The standard InChI is InChI=1S/C15H9F9N2O2/c1-26-11(27)9(8-3-2-7(4-10(8)16)14(19,20)21)5-25-12(26)28-6-13(17,18)15(22,23)24/h2-5H,6H2,1H3. The van der Waals surface area contributed by atoms with Crippen LogP contribution < -0.4 is 10.3 Å². The maximum atomic E-state index is 14.0. The molecule has 0 aliphatic heterocycles. The first-order valence-corrected chi connectivity index (χ1v) is 7.15. The molecule has 0 saturated heterocycles. The van der Waals surface area contributed by atoms with Gasteiger partial charge in [0.2, 0.25) is 0 Å². The molecule has 154 valence electrons. The summed E-state index contributed by atoms with van der Waals surface area (Å²) >= 11 is 0. The van der Waals surface area contributed by atoms with Crippen LogP contribution in [0.4, 0.5) is 39.5 Å². The molecule has 13 heteroatoms. The molecule has 2 aromatic rings. The van der Waals surface area contributed by atoms with E-state index in [4.69, 9.17) is 0 Å². The summed E-state index contributed by atoms with van der Waals surface area (Å²) in [5, 5.41) is 0. The SMILES string of the molecule is Cn1c(OCC(F)(F)C(F)(F)F)ncc(-c2ccc(C(F)(F)F)cc2F)c1=O. The van der Waals surface area contributed by atoms with Gasteiger partial charge in [0.25, 0.3) is 11.6 Å². The van der Waals surface area contributed by atoms with Gasteiger partial charge in [0.15, 0.2) is 6.61 Å². The molecule has 0 atom stereocenters. The summed E-state index contributed by atoms with van der Waals surface area (Å²) < 4.78 is 118. The number of benzene rings is 1. The Labute approximate surface area is 150 Å². The minimum Gasteiger partial charge on any atom is -0.458 e. The molecule has 0 aliphatic rings. The van der Waals surface area contributed by atoms with Crippen LogP contribution in [0, 0.1) is 5.82 Å². The first kappa shape index (κ1) is 21.6. The molecule has 0 aliphatic carbocycles. The fraction of sp³-hybridized carbons (Fsp3) is 0.333. The van der Waals surface area contributed by atoms with Crippen molar-refractivity contribution in [2.24, 2.45) is 7.05 Å². The lowest BCUT2D eigenvalue weighted by molar-refractivity contribution is -0.290. The van der Waals surface area contributed by atoms with Crippen LogP contribution in [0.3, 0.4) is 0 Å². The highest BCUT2D eigenvalue weighted by molar-refractivity contribution is 5.63. The predicted octanol–water partition coefficient (Wildman–Crippen LogP) is 4.18. The van der Waals surface area contributed by atoms with Crippen molar-refractivity contribution in [3.05, 3.63) is 46.1 Å². The van der Waals surface area contributed by atoms with E-state index < -0.39 is 59.0 Å². The van der Waals surface area contributed by atoms with E-state index in [0.717, 1.165) is 7.05 Å². The Bertz CT molecular complexity index is 933. The zero-order chi connectivity index (χ0) is 21.5. The van der Waals surface area contributed by atoms with Gasteiger partial charge in [0, 0.05) is 18.8 Å². The van der Waals surface area contributed by atoms with Crippen molar-refractivity contribution < 1.29 is 44.3 Å². The van der Waals surface area contributed by atoms with Crippen molar-refractivity contribution in [3.8, 4) is 17.1 Å². The van der Waals surface area contributed by atoms with Gasteiger partial charge in [-0.05, 0) is 12.1 Å². The second kappa shape index (κ2) is 7.02. The van der Waals surface area contributed by atoms with Gasteiger partial charge in [-0.15, -0.1) is 0 Å². The lowest BCUT2D eigenvalue weighted by Gasteiger charge is -2.20. The highest BCUT2D eigenvalue weighted by Gasteiger charge is 2.58. The fourth-order valence-electron chi connectivity index (χ4n) is 1.99. The van der Waals surface area contributed by atoms with Gasteiger partial charge in [0.05, 0.1) is 11.1 Å². The minimum absolute atomic E-state index is 0.142. The molecule has 0 N–H and O–H groups in total. The van der Waals surface area contributed by atoms with E-state index in [-0.39, 0.29) is 6.07 Å². The molecule has 0 unspecified atom stereocenters. The van der Waals surface area contributed by atoms with Gasteiger partial charge in [-0.3, -0.25) is 9.36 Å². The molecule has 28 heavy (non-hydrogen) atoms. The second-order valence-corrected chi connectivity index (χ2v) is 5.50. The molecule has 0 saturated carbocycles. The summed E-state index contributed by atoms with van der Waals surface area (Å²) in [5.74, 6) is -6.63. The minimum atomic E-state index is -5.89. The smallest absolute Gasteiger partial charge is 0.456 e. The van der Waals surface area contributed by atoms with Crippen LogP contribution in [0.1, 0.15) is 5.56 Å². The molecular formula is C15H9F9N2O2. The van der Waals surface area contributed by atoms with E-state index in [1.54, 1.807) is 0 Å². The molecule has 4 nitrogen and oxygen atoms in total. The third-order valence-electron chi connectivity index (χ3n) is 3.51. The van der Waals surface area contributed by atoms with E-state index in [1.807, 2.05) is 0 Å². The number of ether oxygens (including phenoxy) is 1. The lowest BCUT2D eigenvalue weighted by Crippen LogP contribution is -2.42. The summed E-state index contributed by atoms with van der Waals surface area (Å²) in [7, 11) is 0.891. The van der Waals surface area contributed by atoms with Crippen molar-refractivity contribution >= 4 is 0 Å². The summed E-state index contributed by atoms with van der Waals surface area (Å²) in [5.41, 5.74) is -3.58. The molecule has 0 amide bonds. The van der Waals surface area contributed by atoms with Crippen LogP contribution >= 0.6 is 0 Å². The third-order valence-corrected chi connectivity index (χ3v) is 3.51. The van der Waals surface area contributed by atoms with Crippen molar-refractivity contribution in [1.82, 2.24) is 9.55 Å². The molecule has 1 aromatic heterocycles. The topological polar surface area (TPSA) is 44.1 Å². The third kappa shape index (κ3) is 4.22. The number of rotatable bonds is 4. The Morgan fingerprint density at radius 2 is 1.64 bits per heavy atom. The first-order valence-electron chi connectivity index (χ1n) is 7.15. The van der Waals surface area contributed by atoms with Crippen molar-refractivity contribution in [1.29, 1.82) is 0 Å². The van der Waals surface area contributed by atoms with E-state index in [9.17, 15) is 44.3 Å². The van der Waals surface area contributed by atoms with Crippen LogP contribution in [-0.2, 0) is 13.2 Å². The second-order valence-electron chi connectivity index (χ2n) is 5.50. The number of alkyl halides is 8. The average molecular weight is 420 g/mol. The molecule has 0 fully saturated rings. The number of hydrogen-bond acceptors (Lipinski definition) is 3. The summed E-state index contributed by atoms with van der Waals surface area (Å²) in [6, 6.07) is 0.384. The summed E-state index contributed by atoms with van der Waals surface area (Å²) in [4.78, 5) is 15.6. The summed E-state index contributed by atoms with van der Waals surface area (Å²) in [6.45, 7) is -2.16. The maximum Gasteiger partial charge on any atom is 0.456 e. The zero-order valence-electron chi connectivity index (χ0n) is 13.6. The van der Waals surface area contributed by atoms with Gasteiger partial charge in [-0.1, -0.05) is 6.07 Å². The van der Waals surface area contributed by atoms with Gasteiger partial charge < -0.3 is 4.74 Å². The zero-order valence-corrected chi connectivity index (χ0v) is 13.6. The van der Waals surface area contributed by atoms with Crippen molar-refractivity contribution in [3.63, 3.8) is 0 Å². The van der Waals surface area contributed by atoms with Crippen molar-refractivity contribution in [2.75, 3.05) is 6.61 Å². The first-order chi connectivity index (χ1) is 12.6. The number of halogens is 9. The largest absolute Gasteiger partial charge is 0.458 e. The number of aromatic nitrogens is 2. The Balaban J connectivity index is 2.36. The monoisotopic (exact) mass is 420 g/mol. The van der Waals surface area contributed by atoms with E-state index >= 15 is 0 Å². The Hall–Kier alpha value is -2.73. The molecular weight excluding hydrogens is 411 g/mol. The Kier molecular flexibility index (Phi) is 5.41. The maximum absolute atomic E-state index is 14.0. The fourth-order valence-corrected chi connectivity index (χ4v) is 1.99. The highest BCUT2D eigenvalue weighted by Crippen LogP contribution is 2.36. The molecule has 1 aromatic carbocycles. The molecule has 0 spiro atoms. The van der Waals surface area contributed by atoms with Crippen LogP contribution in [0.25, 0.3) is 11.1 Å². The van der Waals surface area contributed by atoms with Gasteiger partial charge in [0.1, 0.15) is 5.82 Å². The molecule has 2 rings (SSSR count). The van der Waals surface area contributed by atoms with Crippen LogP contribution in [-0.4, -0.2) is 28.3 Å². The van der Waals surface area contributed by atoms with E-state index in [2.05, 4.69) is 9.72 Å². The van der Waals surface area contributed by atoms with Gasteiger partial charge in [-0.25, -0.2) is 9.37 Å². The molecule has 0 bridgehead atoms. The highest BCUT2D eigenvalue weighted by atomic mass is 19.4. The average Bonchev–Trinajstić information content (AvgIpc) is 2.55. The molecule has 0 radical (unpaired) electrons. The molecule has 1 heterocycles. The van der Waals surface area contributed by atoms with Crippen LogP contribution in [0.2, 0.25) is 0 Å². The van der Waals surface area contributed by atoms with Crippen LogP contribution in [0.5, 0.6) is 6.01 Å². The Morgan fingerprint density at radius 1 is 1.04 bits per heavy atom. The van der Waals surface area contributed by atoms with Gasteiger partial charge in [-0.2, -0.15) is 35.1 Å². The van der Waals surface area contributed by atoms with E-state index in [0.29, 0.717) is 22.9 Å². The number of hydrogen-bond donors (Lipinski definition) is 0. The normalized spacial score (nSPS) is 12.9. The number of nitrogens with zero attached hydrogens (tertiary/aromatic N) is 2.